The van der Waals surface area contributed by atoms with E-state index < -0.39 is 0 Å². The normalized spacial score (nSPS) is 19.5. The van der Waals surface area contributed by atoms with Gasteiger partial charge in [-0.1, -0.05) is 0 Å². The van der Waals surface area contributed by atoms with Crippen LogP contribution in [0.25, 0.3) is 0 Å². The minimum absolute atomic E-state index is 0.0539. The molecule has 1 fully saturated rings. The second-order valence-corrected chi connectivity index (χ2v) is 7.11. The van der Waals surface area contributed by atoms with E-state index in [1.165, 1.54) is 11.3 Å². The van der Waals surface area contributed by atoms with Crippen molar-refractivity contribution < 1.29 is 23.9 Å². The molecule has 1 aromatic rings. The number of hydrogen-bond donors (Lipinski definition) is 0. The predicted molar refractivity (Wildman–Crippen MR) is 91.2 cm³/mol. The van der Waals surface area contributed by atoms with Crippen LogP contribution in [-0.2, 0) is 25.5 Å². The molecule has 6 heteroatoms. The predicted octanol–water partition coefficient (Wildman–Crippen LogP) is 3.32. The van der Waals surface area contributed by atoms with Crippen molar-refractivity contribution in [3.8, 4) is 0 Å². The summed E-state index contributed by atoms with van der Waals surface area (Å²) < 4.78 is 10.1. The zero-order chi connectivity index (χ0) is 17.7. The molecule has 0 unspecified atom stereocenters. The number of rotatable bonds is 8. The summed E-state index contributed by atoms with van der Waals surface area (Å²) in [5, 5.41) is 1.88. The second-order valence-electron chi connectivity index (χ2n) is 6.14. The Morgan fingerprint density at radius 1 is 1.17 bits per heavy atom. The Kier molecular flexibility index (Phi) is 6.54. The summed E-state index contributed by atoms with van der Waals surface area (Å²) in [5.41, 5.74) is 1.39. The highest BCUT2D eigenvalue weighted by atomic mass is 32.1. The first-order valence-corrected chi connectivity index (χ1v) is 9.26. The van der Waals surface area contributed by atoms with Crippen LogP contribution in [0.3, 0.4) is 0 Å². The van der Waals surface area contributed by atoms with Crippen LogP contribution < -0.4 is 0 Å². The van der Waals surface area contributed by atoms with Crippen LogP contribution in [0.2, 0.25) is 0 Å². The van der Waals surface area contributed by atoms with Gasteiger partial charge in [0.25, 0.3) is 0 Å². The maximum atomic E-state index is 12.3. The monoisotopic (exact) mass is 352 g/mol. The number of carbonyl (C=O) groups excluding carboxylic acids is 3. The summed E-state index contributed by atoms with van der Waals surface area (Å²) in [6.07, 6.45) is 2.15. The molecule has 0 amide bonds. The van der Waals surface area contributed by atoms with Crippen LogP contribution in [0, 0.1) is 18.8 Å². The topological polar surface area (TPSA) is 69.7 Å². The quantitative estimate of drug-likeness (QED) is 0.671. The lowest BCUT2D eigenvalue weighted by molar-refractivity contribution is -0.153. The molecule has 5 nitrogen and oxygen atoms in total. The Morgan fingerprint density at radius 3 is 2.46 bits per heavy atom. The number of aryl methyl sites for hydroxylation is 1. The van der Waals surface area contributed by atoms with Crippen molar-refractivity contribution in [1.82, 2.24) is 0 Å². The molecule has 0 saturated heterocycles. The molecule has 2 rings (SSSR count). The first-order valence-electron chi connectivity index (χ1n) is 8.38. The molecule has 24 heavy (non-hydrogen) atoms. The molecule has 0 atom stereocenters. The minimum atomic E-state index is -0.356. The summed E-state index contributed by atoms with van der Waals surface area (Å²) in [7, 11) is 0. The highest BCUT2D eigenvalue weighted by Crippen LogP contribution is 2.37. The minimum Gasteiger partial charge on any atom is -0.466 e. The third-order valence-electron chi connectivity index (χ3n) is 4.26. The van der Waals surface area contributed by atoms with Gasteiger partial charge in [-0.2, -0.15) is 0 Å². The smallest absolute Gasteiger partial charge is 0.339 e. The molecule has 1 aromatic heterocycles. The van der Waals surface area contributed by atoms with Gasteiger partial charge in [-0.25, -0.2) is 4.79 Å². The van der Waals surface area contributed by atoms with E-state index in [1.54, 1.807) is 13.8 Å². The summed E-state index contributed by atoms with van der Waals surface area (Å²) >= 11 is 1.43. The molecular weight excluding hydrogens is 328 g/mol. The maximum Gasteiger partial charge on any atom is 0.339 e. The number of ketones is 1. The molecule has 0 aromatic carbocycles. The van der Waals surface area contributed by atoms with E-state index in [2.05, 4.69) is 0 Å². The van der Waals surface area contributed by atoms with Crippen molar-refractivity contribution in [2.24, 2.45) is 11.8 Å². The van der Waals surface area contributed by atoms with Gasteiger partial charge in [-0.05, 0) is 50.5 Å². The Morgan fingerprint density at radius 2 is 1.83 bits per heavy atom. The highest BCUT2D eigenvalue weighted by molar-refractivity contribution is 7.10. The molecule has 1 saturated carbocycles. The maximum absolute atomic E-state index is 12.3. The Bertz CT molecular complexity index is 613. The van der Waals surface area contributed by atoms with Gasteiger partial charge in [0.05, 0.1) is 24.7 Å². The summed E-state index contributed by atoms with van der Waals surface area (Å²) in [6, 6.07) is 0. The van der Waals surface area contributed by atoms with Gasteiger partial charge in [-0.15, -0.1) is 11.3 Å². The number of ether oxygens (including phenoxy) is 2. The van der Waals surface area contributed by atoms with Crippen molar-refractivity contribution in [2.75, 3.05) is 13.2 Å². The fourth-order valence-corrected chi connectivity index (χ4v) is 4.08. The van der Waals surface area contributed by atoms with E-state index in [-0.39, 0.29) is 36.0 Å². The van der Waals surface area contributed by atoms with Crippen molar-refractivity contribution in [1.29, 1.82) is 0 Å². The van der Waals surface area contributed by atoms with E-state index in [1.807, 2.05) is 12.3 Å². The summed E-state index contributed by atoms with van der Waals surface area (Å²) in [4.78, 5) is 36.7. The average Bonchev–Trinajstić information content (AvgIpc) is 2.83. The van der Waals surface area contributed by atoms with Crippen molar-refractivity contribution in [2.45, 2.75) is 46.5 Å². The zero-order valence-electron chi connectivity index (χ0n) is 14.4. The van der Waals surface area contributed by atoms with Gasteiger partial charge in [0.1, 0.15) is 5.78 Å². The van der Waals surface area contributed by atoms with Crippen molar-refractivity contribution in [3.63, 3.8) is 0 Å². The van der Waals surface area contributed by atoms with Crippen LogP contribution in [-0.4, -0.2) is 30.9 Å². The molecule has 0 spiro atoms. The Labute approximate surface area is 146 Å². The van der Waals surface area contributed by atoms with Gasteiger partial charge in [-0.3, -0.25) is 9.59 Å². The molecule has 1 heterocycles. The number of thiophene rings is 1. The van der Waals surface area contributed by atoms with Crippen LogP contribution in [0.5, 0.6) is 0 Å². The van der Waals surface area contributed by atoms with E-state index in [0.29, 0.717) is 25.2 Å². The summed E-state index contributed by atoms with van der Waals surface area (Å²) in [5.74, 6) is -0.208. The second kappa shape index (κ2) is 8.42. The molecule has 0 aliphatic heterocycles. The largest absolute Gasteiger partial charge is 0.466 e. The van der Waals surface area contributed by atoms with Crippen LogP contribution in [0.1, 0.15) is 53.9 Å². The molecule has 132 valence electrons. The first-order chi connectivity index (χ1) is 11.5. The van der Waals surface area contributed by atoms with Gasteiger partial charge in [0, 0.05) is 17.7 Å². The molecule has 1 aliphatic carbocycles. The van der Waals surface area contributed by atoms with Gasteiger partial charge in [0.2, 0.25) is 0 Å². The van der Waals surface area contributed by atoms with Gasteiger partial charge < -0.3 is 9.47 Å². The molecule has 0 N–H and O–H groups in total. The van der Waals surface area contributed by atoms with Crippen LogP contribution in [0.4, 0.5) is 0 Å². The third-order valence-corrected chi connectivity index (χ3v) is 5.36. The lowest BCUT2D eigenvalue weighted by Gasteiger charge is -2.33. The van der Waals surface area contributed by atoms with E-state index in [4.69, 9.17) is 9.47 Å². The molecular formula is C18H24O5S. The van der Waals surface area contributed by atoms with Crippen molar-refractivity contribution in [3.05, 3.63) is 21.4 Å². The average molecular weight is 352 g/mol. The molecule has 0 bridgehead atoms. The van der Waals surface area contributed by atoms with Gasteiger partial charge in [0.15, 0.2) is 0 Å². The van der Waals surface area contributed by atoms with Crippen LogP contribution in [0.15, 0.2) is 5.38 Å². The first kappa shape index (κ1) is 18.6. The number of hydrogen-bond acceptors (Lipinski definition) is 6. The van der Waals surface area contributed by atoms with Crippen LogP contribution >= 0.6 is 11.3 Å². The molecule has 0 radical (unpaired) electrons. The number of esters is 2. The Hall–Kier alpha value is -1.69. The lowest BCUT2D eigenvalue weighted by Crippen LogP contribution is -2.33. The fourth-order valence-electron chi connectivity index (χ4n) is 3.03. The molecule has 1 aliphatic rings. The summed E-state index contributed by atoms with van der Waals surface area (Å²) in [6.45, 7) is 6.13. The lowest BCUT2D eigenvalue weighted by atomic mass is 9.72. The van der Waals surface area contributed by atoms with E-state index in [9.17, 15) is 14.4 Å². The zero-order valence-corrected chi connectivity index (χ0v) is 15.2. The van der Waals surface area contributed by atoms with E-state index >= 15 is 0 Å². The number of carbonyl (C=O) groups is 3. The van der Waals surface area contributed by atoms with Gasteiger partial charge >= 0.3 is 11.9 Å². The standard InChI is InChI=1S/C18H24O5S/c1-4-22-17(20)13-6-12(7-13)8-14(19)9-15-16(11(3)10-24-15)18(21)23-5-2/h10,12-13H,4-9H2,1-3H3. The van der Waals surface area contributed by atoms with E-state index in [0.717, 1.165) is 23.3 Å². The SMILES string of the molecule is CCOC(=O)c1c(C)csc1CC(=O)CC1CC(C(=O)OCC)C1. The third kappa shape index (κ3) is 4.44. The Balaban J connectivity index is 1.86. The fraction of sp³-hybridized carbons (Fsp3) is 0.611. The number of Topliss-reactive ketones (excluding diaryl/α,β-unsaturated/α-hetero) is 1. The van der Waals surface area contributed by atoms with Crippen molar-refractivity contribution >= 4 is 29.1 Å². The highest BCUT2D eigenvalue weighted by Gasteiger charge is 2.36.